The number of aromatic nitrogens is 2. The SMILES string of the molecule is CNc1c(Cn2ccnc2)cccc1[N+](=O)[O-]. The predicted molar refractivity (Wildman–Crippen MR) is 64.0 cm³/mol. The van der Waals surface area contributed by atoms with Gasteiger partial charge in [0.15, 0.2) is 0 Å². The van der Waals surface area contributed by atoms with Gasteiger partial charge in [0.1, 0.15) is 5.69 Å². The lowest BCUT2D eigenvalue weighted by Gasteiger charge is -2.09. The van der Waals surface area contributed by atoms with Gasteiger partial charge in [-0.25, -0.2) is 4.98 Å². The number of imidazole rings is 1. The van der Waals surface area contributed by atoms with Gasteiger partial charge in [-0.15, -0.1) is 0 Å². The fourth-order valence-corrected chi connectivity index (χ4v) is 1.74. The number of anilines is 1. The van der Waals surface area contributed by atoms with Crippen molar-refractivity contribution in [3.63, 3.8) is 0 Å². The molecule has 0 radical (unpaired) electrons. The third-order valence-electron chi connectivity index (χ3n) is 2.49. The highest BCUT2D eigenvalue weighted by molar-refractivity contribution is 5.66. The largest absolute Gasteiger partial charge is 0.382 e. The van der Waals surface area contributed by atoms with E-state index >= 15 is 0 Å². The number of benzene rings is 1. The molecule has 0 aliphatic carbocycles. The van der Waals surface area contributed by atoms with Crippen LogP contribution in [0.3, 0.4) is 0 Å². The lowest BCUT2D eigenvalue weighted by molar-refractivity contribution is -0.384. The molecule has 0 bridgehead atoms. The van der Waals surface area contributed by atoms with Crippen molar-refractivity contribution in [2.45, 2.75) is 6.54 Å². The Balaban J connectivity index is 2.40. The average Bonchev–Trinajstić information content (AvgIpc) is 2.81. The maximum Gasteiger partial charge on any atom is 0.292 e. The van der Waals surface area contributed by atoms with Gasteiger partial charge < -0.3 is 9.88 Å². The summed E-state index contributed by atoms with van der Waals surface area (Å²) in [7, 11) is 1.68. The molecule has 0 atom stereocenters. The van der Waals surface area contributed by atoms with Crippen LogP contribution in [0, 0.1) is 10.1 Å². The highest BCUT2D eigenvalue weighted by Gasteiger charge is 2.15. The highest BCUT2D eigenvalue weighted by atomic mass is 16.6. The molecule has 0 aliphatic rings. The Morgan fingerprint density at radius 1 is 1.53 bits per heavy atom. The minimum Gasteiger partial charge on any atom is -0.382 e. The van der Waals surface area contributed by atoms with Crippen LogP contribution in [0.15, 0.2) is 36.9 Å². The van der Waals surface area contributed by atoms with Crippen molar-refractivity contribution in [1.82, 2.24) is 9.55 Å². The van der Waals surface area contributed by atoms with Gasteiger partial charge in [-0.05, 0) is 0 Å². The van der Waals surface area contributed by atoms with Gasteiger partial charge in [-0.2, -0.15) is 0 Å². The zero-order valence-electron chi connectivity index (χ0n) is 9.33. The molecule has 1 aromatic carbocycles. The molecule has 0 amide bonds. The van der Waals surface area contributed by atoms with Crippen LogP contribution in [0.4, 0.5) is 11.4 Å². The van der Waals surface area contributed by atoms with E-state index in [0.717, 1.165) is 5.56 Å². The van der Waals surface area contributed by atoms with Crippen molar-refractivity contribution in [2.75, 3.05) is 12.4 Å². The Kier molecular flexibility index (Phi) is 3.04. The van der Waals surface area contributed by atoms with Crippen LogP contribution >= 0.6 is 0 Å². The summed E-state index contributed by atoms with van der Waals surface area (Å²) in [5.41, 5.74) is 1.50. The van der Waals surface area contributed by atoms with E-state index in [0.29, 0.717) is 12.2 Å². The predicted octanol–water partition coefficient (Wildman–Crippen LogP) is 1.88. The minimum atomic E-state index is -0.386. The molecule has 6 heteroatoms. The van der Waals surface area contributed by atoms with Crippen LogP contribution in [-0.4, -0.2) is 21.5 Å². The maximum absolute atomic E-state index is 10.9. The zero-order valence-corrected chi connectivity index (χ0v) is 9.33. The summed E-state index contributed by atoms with van der Waals surface area (Å²) in [4.78, 5) is 14.4. The molecule has 1 heterocycles. The summed E-state index contributed by atoms with van der Waals surface area (Å²) >= 11 is 0. The molecule has 0 saturated carbocycles. The molecule has 0 aliphatic heterocycles. The first-order chi connectivity index (χ1) is 8.22. The van der Waals surface area contributed by atoms with E-state index < -0.39 is 0 Å². The lowest BCUT2D eigenvalue weighted by Crippen LogP contribution is -2.04. The van der Waals surface area contributed by atoms with Gasteiger partial charge in [-0.3, -0.25) is 10.1 Å². The summed E-state index contributed by atoms with van der Waals surface area (Å²) in [5, 5.41) is 13.8. The van der Waals surface area contributed by atoms with Crippen LogP contribution in [-0.2, 0) is 6.54 Å². The normalized spacial score (nSPS) is 10.2. The van der Waals surface area contributed by atoms with Crippen LogP contribution < -0.4 is 5.32 Å². The first-order valence-corrected chi connectivity index (χ1v) is 5.12. The smallest absolute Gasteiger partial charge is 0.292 e. The summed E-state index contributed by atoms with van der Waals surface area (Å²) in [6.45, 7) is 0.553. The number of nitrogens with zero attached hydrogens (tertiary/aromatic N) is 3. The number of hydrogen-bond acceptors (Lipinski definition) is 4. The van der Waals surface area contributed by atoms with E-state index in [1.165, 1.54) is 6.07 Å². The molecular formula is C11H12N4O2. The first kappa shape index (κ1) is 11.1. The molecule has 1 N–H and O–H groups in total. The summed E-state index contributed by atoms with van der Waals surface area (Å²) < 4.78 is 1.86. The Morgan fingerprint density at radius 3 is 2.94 bits per heavy atom. The third kappa shape index (κ3) is 2.25. The fraction of sp³-hybridized carbons (Fsp3) is 0.182. The van der Waals surface area contributed by atoms with Gasteiger partial charge in [0.2, 0.25) is 0 Å². The molecule has 0 unspecified atom stereocenters. The zero-order chi connectivity index (χ0) is 12.3. The number of nitro benzene ring substituents is 1. The van der Waals surface area contributed by atoms with Gasteiger partial charge in [-0.1, -0.05) is 12.1 Å². The van der Waals surface area contributed by atoms with E-state index in [-0.39, 0.29) is 10.6 Å². The Hall–Kier alpha value is -2.37. The van der Waals surface area contributed by atoms with Crippen LogP contribution in [0.2, 0.25) is 0 Å². The quantitative estimate of drug-likeness (QED) is 0.645. The number of hydrogen-bond donors (Lipinski definition) is 1. The lowest BCUT2D eigenvalue weighted by atomic mass is 10.1. The Morgan fingerprint density at radius 2 is 2.35 bits per heavy atom. The molecule has 88 valence electrons. The minimum absolute atomic E-state index is 0.0881. The van der Waals surface area contributed by atoms with Gasteiger partial charge in [0, 0.05) is 31.1 Å². The number of para-hydroxylation sites is 1. The van der Waals surface area contributed by atoms with Gasteiger partial charge >= 0.3 is 0 Å². The molecule has 2 aromatic rings. The fourth-order valence-electron chi connectivity index (χ4n) is 1.74. The number of nitro groups is 1. The molecule has 0 spiro atoms. The number of rotatable bonds is 4. The van der Waals surface area contributed by atoms with E-state index in [1.807, 2.05) is 16.8 Å². The molecule has 1 aromatic heterocycles. The van der Waals surface area contributed by atoms with Crippen LogP contribution in [0.25, 0.3) is 0 Å². The van der Waals surface area contributed by atoms with Crippen molar-refractivity contribution in [2.24, 2.45) is 0 Å². The standard InChI is InChI=1S/C11H12N4O2/c1-12-11-9(7-14-6-5-13-8-14)3-2-4-10(11)15(16)17/h2-6,8,12H,7H2,1H3. The van der Waals surface area contributed by atoms with Crippen molar-refractivity contribution in [3.8, 4) is 0 Å². The first-order valence-electron chi connectivity index (χ1n) is 5.12. The monoisotopic (exact) mass is 232 g/mol. The van der Waals surface area contributed by atoms with E-state index in [2.05, 4.69) is 10.3 Å². The molecular weight excluding hydrogens is 220 g/mol. The molecule has 17 heavy (non-hydrogen) atoms. The third-order valence-corrected chi connectivity index (χ3v) is 2.49. The summed E-state index contributed by atoms with van der Waals surface area (Å²) in [6, 6.07) is 5.04. The van der Waals surface area contributed by atoms with Gasteiger partial charge in [0.05, 0.1) is 17.8 Å². The van der Waals surface area contributed by atoms with Crippen LogP contribution in [0.1, 0.15) is 5.56 Å². The average molecular weight is 232 g/mol. The van der Waals surface area contributed by atoms with Crippen molar-refractivity contribution < 1.29 is 4.92 Å². The second-order valence-electron chi connectivity index (χ2n) is 3.55. The molecule has 6 nitrogen and oxygen atoms in total. The Bertz CT molecular complexity index is 522. The molecule has 0 saturated heterocycles. The second kappa shape index (κ2) is 4.65. The Labute approximate surface area is 98.1 Å². The second-order valence-corrected chi connectivity index (χ2v) is 3.55. The van der Waals surface area contributed by atoms with Crippen molar-refractivity contribution in [1.29, 1.82) is 0 Å². The van der Waals surface area contributed by atoms with Gasteiger partial charge in [0.25, 0.3) is 5.69 Å². The topological polar surface area (TPSA) is 73.0 Å². The van der Waals surface area contributed by atoms with Crippen molar-refractivity contribution in [3.05, 3.63) is 52.6 Å². The highest BCUT2D eigenvalue weighted by Crippen LogP contribution is 2.28. The van der Waals surface area contributed by atoms with E-state index in [1.54, 1.807) is 25.6 Å². The van der Waals surface area contributed by atoms with Crippen molar-refractivity contribution >= 4 is 11.4 Å². The van der Waals surface area contributed by atoms with E-state index in [9.17, 15) is 10.1 Å². The van der Waals surface area contributed by atoms with E-state index in [4.69, 9.17) is 0 Å². The molecule has 2 rings (SSSR count). The summed E-state index contributed by atoms with van der Waals surface area (Å²) in [6.07, 6.45) is 5.17. The maximum atomic E-state index is 10.9. The summed E-state index contributed by atoms with van der Waals surface area (Å²) in [5.74, 6) is 0. The van der Waals surface area contributed by atoms with Crippen LogP contribution in [0.5, 0.6) is 0 Å². The number of nitrogens with one attached hydrogen (secondary N) is 1. The molecule has 0 fully saturated rings.